The molecule has 0 aliphatic carbocycles. The summed E-state index contributed by atoms with van der Waals surface area (Å²) in [6, 6.07) is 10.00. The second-order valence-electron chi connectivity index (χ2n) is 7.97. The molecule has 2 aromatic heterocycles. The third-order valence-electron chi connectivity index (χ3n) is 5.72. The number of imidazole rings is 1. The molecule has 1 saturated heterocycles. The van der Waals surface area contributed by atoms with Crippen molar-refractivity contribution in [1.29, 1.82) is 0 Å². The second kappa shape index (κ2) is 8.56. The Morgan fingerprint density at radius 1 is 1.27 bits per heavy atom. The molecular formula is C23H29ClN6. The van der Waals surface area contributed by atoms with Gasteiger partial charge in [0.25, 0.3) is 0 Å². The fraction of sp³-hybridized carbons (Fsp3) is 0.391. The molecule has 1 aromatic carbocycles. The lowest BCUT2D eigenvalue weighted by Gasteiger charge is -2.33. The van der Waals surface area contributed by atoms with Crippen LogP contribution in [0.1, 0.15) is 49.2 Å². The van der Waals surface area contributed by atoms with Crippen molar-refractivity contribution in [1.82, 2.24) is 19.7 Å². The Balaban J connectivity index is 1.49. The number of anilines is 2. The van der Waals surface area contributed by atoms with E-state index in [2.05, 4.69) is 41.7 Å². The van der Waals surface area contributed by atoms with Crippen molar-refractivity contribution >= 4 is 23.4 Å². The van der Waals surface area contributed by atoms with Gasteiger partial charge in [-0.05, 0) is 51.3 Å². The summed E-state index contributed by atoms with van der Waals surface area (Å²) in [5.41, 5.74) is 5.26. The van der Waals surface area contributed by atoms with Gasteiger partial charge in [-0.25, -0.2) is 9.67 Å². The third kappa shape index (κ3) is 4.24. The largest absolute Gasteiger partial charge is 0.356 e. The van der Waals surface area contributed by atoms with E-state index in [1.807, 2.05) is 35.9 Å². The molecule has 0 spiro atoms. The first-order chi connectivity index (χ1) is 14.4. The molecule has 1 fully saturated rings. The Morgan fingerprint density at radius 2 is 2.03 bits per heavy atom. The van der Waals surface area contributed by atoms with Crippen LogP contribution in [0.3, 0.4) is 0 Å². The molecule has 0 radical (unpaired) electrons. The highest BCUT2D eigenvalue weighted by atomic mass is 35.5. The van der Waals surface area contributed by atoms with Crippen molar-refractivity contribution in [3.63, 3.8) is 0 Å². The molecule has 0 unspecified atom stereocenters. The van der Waals surface area contributed by atoms with Crippen LogP contribution >= 0.6 is 11.6 Å². The van der Waals surface area contributed by atoms with Crippen LogP contribution in [0.25, 0.3) is 5.69 Å². The number of benzene rings is 1. The molecule has 2 N–H and O–H groups in total. The van der Waals surface area contributed by atoms with Gasteiger partial charge in [-0.3, -0.25) is 0 Å². The molecular weight excluding hydrogens is 396 g/mol. The first-order valence-electron chi connectivity index (χ1n) is 10.5. The number of hydrogen-bond acceptors (Lipinski definition) is 4. The normalized spacial score (nSPS) is 14.9. The molecule has 3 heterocycles. The van der Waals surface area contributed by atoms with Gasteiger partial charge in [-0.1, -0.05) is 31.2 Å². The lowest BCUT2D eigenvalue weighted by Crippen LogP contribution is -2.34. The van der Waals surface area contributed by atoms with E-state index in [0.717, 1.165) is 71.9 Å². The summed E-state index contributed by atoms with van der Waals surface area (Å²) < 4.78 is 2.00. The summed E-state index contributed by atoms with van der Waals surface area (Å²) in [6.45, 7) is 12.2. The fourth-order valence-electron chi connectivity index (χ4n) is 4.08. The number of aromatic nitrogens is 4. The lowest BCUT2D eigenvalue weighted by molar-refractivity contribution is 0.490. The maximum Gasteiger partial charge on any atom is 0.204 e. The topological polar surface area (TPSA) is 61.8 Å². The summed E-state index contributed by atoms with van der Waals surface area (Å²) in [5.74, 6) is 2.37. The van der Waals surface area contributed by atoms with E-state index in [0.29, 0.717) is 5.92 Å². The van der Waals surface area contributed by atoms with E-state index < -0.39 is 0 Å². The first kappa shape index (κ1) is 20.5. The van der Waals surface area contributed by atoms with Crippen molar-refractivity contribution in [2.75, 3.05) is 23.3 Å². The van der Waals surface area contributed by atoms with Crippen molar-refractivity contribution < 1.29 is 0 Å². The zero-order chi connectivity index (χ0) is 21.3. The Morgan fingerprint density at radius 3 is 2.73 bits per heavy atom. The molecule has 0 bridgehead atoms. The highest BCUT2D eigenvalue weighted by Gasteiger charge is 2.26. The number of nitrogens with zero attached hydrogens (tertiary/aromatic N) is 4. The number of aryl methyl sites for hydroxylation is 2. The number of aromatic amines is 1. The van der Waals surface area contributed by atoms with E-state index in [-0.39, 0.29) is 0 Å². The van der Waals surface area contributed by atoms with E-state index in [1.54, 1.807) is 0 Å². The van der Waals surface area contributed by atoms with Crippen LogP contribution in [0, 0.1) is 13.8 Å². The molecule has 0 amide bonds. The van der Waals surface area contributed by atoms with Gasteiger partial charge in [-0.15, -0.1) is 0 Å². The molecule has 1 aliphatic rings. The van der Waals surface area contributed by atoms with Crippen molar-refractivity contribution in [2.45, 2.75) is 46.0 Å². The van der Waals surface area contributed by atoms with Crippen molar-refractivity contribution in [3.8, 4) is 5.69 Å². The number of piperidine rings is 1. The monoisotopic (exact) mass is 424 g/mol. The number of nitrogens with one attached hydrogen (secondary N) is 2. The smallest absolute Gasteiger partial charge is 0.204 e. The van der Waals surface area contributed by atoms with Crippen LogP contribution in [0.15, 0.2) is 42.6 Å². The number of halogens is 1. The standard InChI is InChI=1S/C23H29ClN6/c1-5-15(2)25-23-26-17(4)22(27-23)18-9-11-29(12-10-18)21-13-16(3)28-30(21)20-8-6-7-19(24)14-20/h6-8,13-14,18H,2,5,9-12H2,1,3-4H3,(H2,25,26,27). The predicted molar refractivity (Wildman–Crippen MR) is 124 cm³/mol. The van der Waals surface area contributed by atoms with Gasteiger partial charge < -0.3 is 15.2 Å². The summed E-state index contributed by atoms with van der Waals surface area (Å²) in [4.78, 5) is 10.6. The summed E-state index contributed by atoms with van der Waals surface area (Å²) in [5, 5.41) is 8.69. The van der Waals surface area contributed by atoms with Crippen molar-refractivity contribution in [2.24, 2.45) is 0 Å². The minimum Gasteiger partial charge on any atom is -0.356 e. The van der Waals surface area contributed by atoms with Crippen LogP contribution in [0.5, 0.6) is 0 Å². The Bertz CT molecular complexity index is 1040. The highest BCUT2D eigenvalue weighted by Crippen LogP contribution is 2.33. The average Bonchev–Trinajstić information content (AvgIpc) is 3.30. The van der Waals surface area contributed by atoms with E-state index >= 15 is 0 Å². The SMILES string of the molecule is C=C(CC)Nc1nc(C2CCN(c3cc(C)nn3-c3cccc(Cl)c3)CC2)c(C)[nH]1. The van der Waals surface area contributed by atoms with E-state index in [1.165, 1.54) is 5.69 Å². The van der Waals surface area contributed by atoms with Crippen LogP contribution in [0.2, 0.25) is 5.02 Å². The minimum absolute atomic E-state index is 0.451. The first-order valence-corrected chi connectivity index (χ1v) is 10.9. The molecule has 0 saturated carbocycles. The maximum atomic E-state index is 6.21. The zero-order valence-electron chi connectivity index (χ0n) is 17.9. The highest BCUT2D eigenvalue weighted by molar-refractivity contribution is 6.30. The summed E-state index contributed by atoms with van der Waals surface area (Å²) in [6.07, 6.45) is 2.99. The Labute approximate surface area is 183 Å². The molecule has 4 rings (SSSR count). The lowest BCUT2D eigenvalue weighted by atomic mass is 9.92. The van der Waals surface area contributed by atoms with Crippen LogP contribution in [-0.4, -0.2) is 32.8 Å². The Hall–Kier alpha value is -2.73. The average molecular weight is 425 g/mol. The van der Waals surface area contributed by atoms with Crippen LogP contribution in [-0.2, 0) is 0 Å². The maximum absolute atomic E-state index is 6.21. The molecule has 7 heteroatoms. The predicted octanol–water partition coefficient (Wildman–Crippen LogP) is 5.59. The molecule has 6 nitrogen and oxygen atoms in total. The third-order valence-corrected chi connectivity index (χ3v) is 5.95. The molecule has 3 aromatic rings. The molecule has 1 aliphatic heterocycles. The van der Waals surface area contributed by atoms with E-state index in [4.69, 9.17) is 21.7 Å². The van der Waals surface area contributed by atoms with Crippen molar-refractivity contribution in [3.05, 3.63) is 64.7 Å². The van der Waals surface area contributed by atoms with Gasteiger partial charge in [0.05, 0.1) is 17.1 Å². The summed E-state index contributed by atoms with van der Waals surface area (Å²) >= 11 is 6.21. The summed E-state index contributed by atoms with van der Waals surface area (Å²) in [7, 11) is 0. The van der Waals surface area contributed by atoms with Crippen LogP contribution in [0.4, 0.5) is 11.8 Å². The molecule has 158 valence electrons. The number of allylic oxidation sites excluding steroid dienone is 1. The van der Waals surface area contributed by atoms with Gasteiger partial charge in [0.1, 0.15) is 5.82 Å². The number of rotatable bonds is 6. The van der Waals surface area contributed by atoms with Gasteiger partial charge >= 0.3 is 0 Å². The van der Waals surface area contributed by atoms with E-state index in [9.17, 15) is 0 Å². The van der Waals surface area contributed by atoms with Gasteiger partial charge in [0.2, 0.25) is 5.95 Å². The number of hydrogen-bond donors (Lipinski definition) is 2. The minimum atomic E-state index is 0.451. The Kier molecular flexibility index (Phi) is 5.86. The van der Waals surface area contributed by atoms with Gasteiger partial charge in [0, 0.05) is 41.5 Å². The fourth-order valence-corrected chi connectivity index (χ4v) is 4.26. The quantitative estimate of drug-likeness (QED) is 0.541. The van der Waals surface area contributed by atoms with Gasteiger partial charge in [-0.2, -0.15) is 5.10 Å². The zero-order valence-corrected chi connectivity index (χ0v) is 18.6. The number of H-pyrrole nitrogens is 1. The molecule has 30 heavy (non-hydrogen) atoms. The molecule has 0 atom stereocenters. The van der Waals surface area contributed by atoms with Gasteiger partial charge in [0.15, 0.2) is 0 Å². The van der Waals surface area contributed by atoms with Crippen LogP contribution < -0.4 is 10.2 Å². The second-order valence-corrected chi connectivity index (χ2v) is 8.41.